The first-order valence-corrected chi connectivity index (χ1v) is 22.5. The van der Waals surface area contributed by atoms with E-state index in [-0.39, 0.29) is 0 Å². The third-order valence-corrected chi connectivity index (χ3v) is 12.7. The van der Waals surface area contributed by atoms with E-state index < -0.39 is 0 Å². The first-order valence-electron chi connectivity index (χ1n) is 22.5. The quantitative estimate of drug-likeness (QED) is 0.0780. The zero-order valence-corrected chi connectivity index (χ0v) is 40.5. The fourth-order valence-corrected chi connectivity index (χ4v) is 7.21. The summed E-state index contributed by atoms with van der Waals surface area (Å²) < 4.78 is 0. The molecule has 5 nitrogen and oxygen atoms in total. The maximum Gasteiger partial charge on any atom is 0.142 e. The van der Waals surface area contributed by atoms with E-state index in [2.05, 4.69) is 139 Å². The van der Waals surface area contributed by atoms with Crippen molar-refractivity contribution in [3.05, 3.63) is 69.9 Å². The fourth-order valence-electron chi connectivity index (χ4n) is 7.21. The maximum absolute atomic E-state index is 10.5. The number of carbonyl (C=O) groups is 3. The van der Waals surface area contributed by atoms with Gasteiger partial charge in [0, 0.05) is 11.8 Å². The van der Waals surface area contributed by atoms with E-state index in [1.165, 1.54) is 53.5 Å². The van der Waals surface area contributed by atoms with Gasteiger partial charge in [-0.25, -0.2) is 0 Å². The molecule has 0 unspecified atom stereocenters. The van der Waals surface area contributed by atoms with Crippen molar-refractivity contribution in [2.24, 2.45) is 45.3 Å². The van der Waals surface area contributed by atoms with E-state index in [1.807, 2.05) is 6.92 Å². The summed E-state index contributed by atoms with van der Waals surface area (Å²) in [5, 5.41) is 17.4. The standard InChI is InChI=1S/2C11H17N.2C11H18O.C10H16O/c4*1-9(2)5-4-6-11(3)7-10(11)8-12;1-9(2)5-4-6-10(3)7-8-11/h2*5,10H,4,6-7H2,1-3H3;2*5,8,10H,4,6-7H2,1-3H3;5,7-8H,4,6H2,1-3H3/b;;;;10-7+/t4*10-,11-;/m1010./s1. The Morgan fingerprint density at radius 3 is 0.983 bits per heavy atom. The molecule has 4 fully saturated rings. The number of nitriles is 2. The van der Waals surface area contributed by atoms with Crippen molar-refractivity contribution in [3.63, 3.8) is 0 Å². The van der Waals surface area contributed by atoms with Gasteiger partial charge in [-0.15, -0.1) is 0 Å². The molecule has 0 bridgehead atoms. The Labute approximate surface area is 363 Å². The van der Waals surface area contributed by atoms with Crippen LogP contribution in [0.5, 0.6) is 0 Å². The minimum Gasteiger partial charge on any atom is -0.303 e. The topological polar surface area (TPSA) is 98.8 Å². The lowest BCUT2D eigenvalue weighted by Gasteiger charge is -2.05. The second kappa shape index (κ2) is 27.3. The Hall–Kier alpha value is -3.57. The fraction of sp³-hybridized carbons (Fsp3) is 0.685. The van der Waals surface area contributed by atoms with Crippen molar-refractivity contribution < 1.29 is 14.4 Å². The summed E-state index contributed by atoms with van der Waals surface area (Å²) in [5.74, 6) is 1.37. The summed E-state index contributed by atoms with van der Waals surface area (Å²) in [6, 6.07) is 4.69. The minimum atomic E-state index is 0.336. The molecule has 330 valence electrons. The number of hydrogen-bond acceptors (Lipinski definition) is 5. The molecule has 0 aromatic carbocycles. The molecule has 0 saturated heterocycles. The predicted molar refractivity (Wildman–Crippen MR) is 251 cm³/mol. The number of allylic oxidation sites excluding steroid dienone is 12. The van der Waals surface area contributed by atoms with Gasteiger partial charge < -0.3 is 9.59 Å². The molecule has 4 aliphatic rings. The first kappa shape index (κ1) is 55.4. The maximum atomic E-state index is 10.5. The molecule has 8 atom stereocenters. The third kappa shape index (κ3) is 25.0. The largest absolute Gasteiger partial charge is 0.303 e. The summed E-state index contributed by atoms with van der Waals surface area (Å²) in [6.07, 6.45) is 31.6. The van der Waals surface area contributed by atoms with Gasteiger partial charge >= 0.3 is 0 Å². The van der Waals surface area contributed by atoms with Gasteiger partial charge in [-0.1, -0.05) is 91.5 Å². The van der Waals surface area contributed by atoms with Crippen molar-refractivity contribution in [2.75, 3.05) is 0 Å². The van der Waals surface area contributed by atoms with Gasteiger partial charge in [-0.3, -0.25) is 4.79 Å². The number of rotatable bonds is 18. The zero-order chi connectivity index (χ0) is 45.5. The molecule has 0 heterocycles. The average molecular weight is 811 g/mol. The van der Waals surface area contributed by atoms with Crippen LogP contribution in [0.2, 0.25) is 0 Å². The molecule has 4 aliphatic carbocycles. The van der Waals surface area contributed by atoms with E-state index in [9.17, 15) is 14.4 Å². The lowest BCUT2D eigenvalue weighted by molar-refractivity contribution is -0.110. The monoisotopic (exact) mass is 811 g/mol. The summed E-state index contributed by atoms with van der Waals surface area (Å²) in [7, 11) is 0. The van der Waals surface area contributed by atoms with Gasteiger partial charge in [0.05, 0.1) is 24.0 Å². The molecule has 4 rings (SSSR count). The molecule has 59 heavy (non-hydrogen) atoms. The number of aldehydes is 3. The zero-order valence-electron chi connectivity index (χ0n) is 40.5. The molecule has 0 aliphatic heterocycles. The van der Waals surface area contributed by atoms with E-state index in [1.54, 1.807) is 6.08 Å². The van der Waals surface area contributed by atoms with Gasteiger partial charge in [-0.05, 0) is 194 Å². The van der Waals surface area contributed by atoms with Gasteiger partial charge in [0.25, 0.3) is 0 Å². The van der Waals surface area contributed by atoms with Crippen LogP contribution in [0.4, 0.5) is 0 Å². The second-order valence-electron chi connectivity index (χ2n) is 20.5. The van der Waals surface area contributed by atoms with Gasteiger partial charge in [0.2, 0.25) is 0 Å². The summed E-state index contributed by atoms with van der Waals surface area (Å²) in [4.78, 5) is 30.9. The van der Waals surface area contributed by atoms with Gasteiger partial charge in [-0.2, -0.15) is 10.5 Å². The molecular weight excluding hydrogens is 725 g/mol. The molecule has 0 amide bonds. The predicted octanol–water partition coefficient (Wildman–Crippen LogP) is 15.4. The van der Waals surface area contributed by atoms with E-state index in [0.29, 0.717) is 45.3 Å². The minimum absolute atomic E-state index is 0.336. The highest BCUT2D eigenvalue weighted by molar-refractivity contribution is 5.65. The summed E-state index contributed by atoms with van der Waals surface area (Å²) >= 11 is 0. The van der Waals surface area contributed by atoms with Crippen LogP contribution in [-0.4, -0.2) is 18.9 Å². The molecule has 0 N–H and O–H groups in total. The lowest BCUT2D eigenvalue weighted by Crippen LogP contribution is -1.97. The van der Waals surface area contributed by atoms with Crippen LogP contribution in [0.3, 0.4) is 0 Å². The lowest BCUT2D eigenvalue weighted by atomic mass is 9.99. The summed E-state index contributed by atoms with van der Waals surface area (Å²) in [5.41, 5.74) is 9.38. The van der Waals surface area contributed by atoms with Crippen molar-refractivity contribution in [2.45, 2.75) is 194 Å². The van der Waals surface area contributed by atoms with Crippen molar-refractivity contribution >= 4 is 18.9 Å². The Bertz CT molecular complexity index is 1490. The first-order chi connectivity index (χ1) is 27.5. The molecule has 0 aromatic rings. The average Bonchev–Trinajstić information content (AvgIpc) is 4.08. The Balaban J connectivity index is 0.000000713. The molecule has 0 aromatic heterocycles. The van der Waals surface area contributed by atoms with Crippen LogP contribution in [0.1, 0.15) is 194 Å². The highest BCUT2D eigenvalue weighted by Gasteiger charge is 2.51. The van der Waals surface area contributed by atoms with E-state index in [0.717, 1.165) is 88.6 Å². The number of carbonyl (C=O) groups excluding carboxylic acids is 3. The van der Waals surface area contributed by atoms with Crippen LogP contribution >= 0.6 is 0 Å². The van der Waals surface area contributed by atoms with Crippen LogP contribution < -0.4 is 0 Å². The highest BCUT2D eigenvalue weighted by Crippen LogP contribution is 2.56. The highest BCUT2D eigenvalue weighted by atomic mass is 16.1. The SMILES string of the molecule is CC(C)=CCC/C(C)=C/C=O.CC(C)=CCC[C@@]1(C)C[C@H]1C#N.CC(C)=CCC[C@@]1(C)C[C@H]1C=O.CC(C)=CCC[C@]1(C)C[C@@H]1C#N.CC(C)=CCC[C@]1(C)C[C@@H]1C=O. The number of nitrogens with zero attached hydrogens (tertiary/aromatic N) is 2. The molecule has 4 saturated carbocycles. The smallest absolute Gasteiger partial charge is 0.142 e. The van der Waals surface area contributed by atoms with E-state index >= 15 is 0 Å². The van der Waals surface area contributed by atoms with E-state index in [4.69, 9.17) is 10.5 Å². The van der Waals surface area contributed by atoms with Crippen LogP contribution in [0, 0.1) is 68.0 Å². The molecular formula is C54H86N2O3. The Morgan fingerprint density at radius 2 is 0.763 bits per heavy atom. The van der Waals surface area contributed by atoms with Crippen molar-refractivity contribution in [3.8, 4) is 12.1 Å². The third-order valence-electron chi connectivity index (χ3n) is 12.7. The van der Waals surface area contributed by atoms with Crippen LogP contribution in [0.15, 0.2) is 69.9 Å². The summed E-state index contributed by atoms with van der Waals surface area (Å²) in [6.45, 7) is 32.0. The Kier molecular flexibility index (Phi) is 25.7. The van der Waals surface area contributed by atoms with Crippen molar-refractivity contribution in [1.82, 2.24) is 0 Å². The van der Waals surface area contributed by atoms with Crippen LogP contribution in [0.25, 0.3) is 0 Å². The molecule has 5 heteroatoms. The van der Waals surface area contributed by atoms with Gasteiger partial charge in [0.1, 0.15) is 18.9 Å². The number of hydrogen-bond donors (Lipinski definition) is 0. The molecule has 0 radical (unpaired) electrons. The van der Waals surface area contributed by atoms with Crippen molar-refractivity contribution in [1.29, 1.82) is 10.5 Å². The Morgan fingerprint density at radius 1 is 0.475 bits per heavy atom. The van der Waals surface area contributed by atoms with Crippen LogP contribution in [-0.2, 0) is 14.4 Å². The second-order valence-corrected chi connectivity index (χ2v) is 20.5. The van der Waals surface area contributed by atoms with Gasteiger partial charge in [0.15, 0.2) is 0 Å². The molecule has 0 spiro atoms. The normalized spacial score (nSPS) is 28.5.